The summed E-state index contributed by atoms with van der Waals surface area (Å²) in [7, 11) is 0. The van der Waals surface area contributed by atoms with E-state index in [0.29, 0.717) is 10.0 Å². The summed E-state index contributed by atoms with van der Waals surface area (Å²) >= 11 is 8.01. The van der Waals surface area contributed by atoms with Crippen LogP contribution in [-0.2, 0) is 9.59 Å². The molecule has 1 aliphatic heterocycles. The van der Waals surface area contributed by atoms with Gasteiger partial charge in [-0.2, -0.15) is 0 Å². The predicted molar refractivity (Wildman–Crippen MR) is 91.4 cm³/mol. The number of nitro benzene ring substituents is 1. The molecule has 23 heavy (non-hydrogen) atoms. The largest absolute Gasteiger partial charge is 0.298 e. The first kappa shape index (κ1) is 17.0. The van der Waals surface area contributed by atoms with Crippen LogP contribution in [0.25, 0.3) is 6.08 Å². The molecule has 118 valence electrons. The summed E-state index contributed by atoms with van der Waals surface area (Å²) in [6.07, 6.45) is 2.76. The molecule has 0 saturated carbocycles. The third kappa shape index (κ3) is 3.51. The quantitative estimate of drug-likeness (QED) is 0.210. The molecule has 1 aliphatic rings. The fourth-order valence-corrected chi connectivity index (χ4v) is 2.56. The van der Waals surface area contributed by atoms with Gasteiger partial charge in [-0.15, -0.1) is 6.58 Å². The highest BCUT2D eigenvalue weighted by atomic mass is 79.9. The van der Waals surface area contributed by atoms with Gasteiger partial charge < -0.3 is 0 Å². The first-order valence-electron chi connectivity index (χ1n) is 6.29. The normalized spacial score (nSPS) is 16.5. The molecule has 1 saturated heterocycles. The molecule has 2 amide bonds. The van der Waals surface area contributed by atoms with Gasteiger partial charge >= 0.3 is 0 Å². The summed E-state index contributed by atoms with van der Waals surface area (Å²) in [6, 6.07) is 4.29. The molecule has 1 heterocycles. The molecule has 9 heteroatoms. The van der Waals surface area contributed by atoms with E-state index in [2.05, 4.69) is 27.8 Å². The van der Waals surface area contributed by atoms with Crippen LogP contribution in [0.4, 0.5) is 5.69 Å². The summed E-state index contributed by atoms with van der Waals surface area (Å²) in [5.41, 5.74) is 0.0309. The highest BCUT2D eigenvalue weighted by molar-refractivity contribution is 9.10. The van der Waals surface area contributed by atoms with E-state index in [1.165, 1.54) is 29.2 Å². The third-order valence-corrected chi connectivity index (χ3v) is 3.97. The number of hydrogen-bond acceptors (Lipinski definition) is 5. The first-order chi connectivity index (χ1) is 10.8. The first-order valence-corrected chi connectivity index (χ1v) is 7.49. The maximum absolute atomic E-state index is 12.3. The Morgan fingerprint density at radius 2 is 2.13 bits per heavy atom. The van der Waals surface area contributed by atoms with Gasteiger partial charge in [-0.1, -0.05) is 12.1 Å². The van der Waals surface area contributed by atoms with Gasteiger partial charge in [0.25, 0.3) is 17.5 Å². The van der Waals surface area contributed by atoms with E-state index in [9.17, 15) is 19.7 Å². The highest BCUT2D eigenvalue weighted by Gasteiger charge is 2.32. The van der Waals surface area contributed by atoms with Gasteiger partial charge in [0.15, 0.2) is 5.11 Å². The van der Waals surface area contributed by atoms with Crippen molar-refractivity contribution in [1.29, 1.82) is 0 Å². The SMILES string of the molecule is C=CCN1C(=O)C(=Cc2ccc(Br)c([N+](=O)[O-])c2)C(=O)NC1=S. The Kier molecular flexibility index (Phi) is 5.02. The van der Waals surface area contributed by atoms with Crippen molar-refractivity contribution in [3.8, 4) is 0 Å². The zero-order chi connectivity index (χ0) is 17.1. The lowest BCUT2D eigenvalue weighted by Crippen LogP contribution is -2.53. The number of amides is 2. The minimum absolute atomic E-state index is 0.00108. The molecule has 0 radical (unpaired) electrons. The van der Waals surface area contributed by atoms with Gasteiger partial charge in [0.1, 0.15) is 5.57 Å². The number of carbonyl (C=O) groups is 2. The summed E-state index contributed by atoms with van der Waals surface area (Å²) in [5.74, 6) is -1.23. The summed E-state index contributed by atoms with van der Waals surface area (Å²) in [4.78, 5) is 35.9. The molecular formula is C14H10BrN3O4S. The molecular weight excluding hydrogens is 386 g/mol. The number of nitrogens with zero attached hydrogens (tertiary/aromatic N) is 2. The third-order valence-electron chi connectivity index (χ3n) is 2.98. The van der Waals surface area contributed by atoms with Crippen LogP contribution in [0, 0.1) is 10.1 Å². The maximum atomic E-state index is 12.3. The number of carbonyl (C=O) groups excluding carboxylic acids is 2. The van der Waals surface area contributed by atoms with E-state index in [-0.39, 0.29) is 22.9 Å². The predicted octanol–water partition coefficient (Wildman–Crippen LogP) is 2.17. The van der Waals surface area contributed by atoms with Crippen molar-refractivity contribution in [2.45, 2.75) is 0 Å². The van der Waals surface area contributed by atoms with Crippen LogP contribution in [0.1, 0.15) is 5.56 Å². The number of hydrogen-bond donors (Lipinski definition) is 1. The average molecular weight is 396 g/mol. The second-order valence-electron chi connectivity index (χ2n) is 4.49. The Bertz CT molecular complexity index is 775. The van der Waals surface area contributed by atoms with E-state index in [1.54, 1.807) is 6.07 Å². The van der Waals surface area contributed by atoms with Gasteiger partial charge in [-0.3, -0.25) is 29.9 Å². The molecule has 1 aromatic carbocycles. The van der Waals surface area contributed by atoms with E-state index in [0.717, 1.165) is 0 Å². The molecule has 2 rings (SSSR count). The molecule has 0 aromatic heterocycles. The summed E-state index contributed by atoms with van der Waals surface area (Å²) in [6.45, 7) is 3.68. The Balaban J connectivity index is 2.44. The van der Waals surface area contributed by atoms with E-state index < -0.39 is 16.7 Å². The standard InChI is InChI=1S/C14H10BrN3O4S/c1-2-5-17-13(20)9(12(19)16-14(17)23)6-8-3-4-10(15)11(7-8)18(21)22/h2-4,6-7H,1,5H2,(H,16,19,23). The molecule has 7 nitrogen and oxygen atoms in total. The van der Waals surface area contributed by atoms with Gasteiger partial charge in [0, 0.05) is 12.6 Å². The lowest BCUT2D eigenvalue weighted by Gasteiger charge is -2.27. The van der Waals surface area contributed by atoms with Crippen LogP contribution in [-0.4, -0.2) is 33.3 Å². The van der Waals surface area contributed by atoms with Crippen LogP contribution in [0.3, 0.4) is 0 Å². The van der Waals surface area contributed by atoms with Crippen molar-refractivity contribution in [3.05, 3.63) is 56.6 Å². The monoisotopic (exact) mass is 395 g/mol. The van der Waals surface area contributed by atoms with Gasteiger partial charge in [-0.05, 0) is 45.9 Å². The van der Waals surface area contributed by atoms with Crippen LogP contribution in [0.5, 0.6) is 0 Å². The number of nitrogens with one attached hydrogen (secondary N) is 1. The zero-order valence-corrected chi connectivity index (χ0v) is 14.0. The molecule has 1 aromatic rings. The van der Waals surface area contributed by atoms with Crippen molar-refractivity contribution in [1.82, 2.24) is 10.2 Å². The molecule has 0 bridgehead atoms. The second-order valence-corrected chi connectivity index (χ2v) is 5.73. The number of rotatable bonds is 4. The van der Waals surface area contributed by atoms with E-state index >= 15 is 0 Å². The van der Waals surface area contributed by atoms with Gasteiger partial charge in [0.05, 0.1) is 9.40 Å². The molecule has 1 N–H and O–H groups in total. The van der Waals surface area contributed by atoms with E-state index in [1.807, 2.05) is 0 Å². The van der Waals surface area contributed by atoms with Crippen molar-refractivity contribution < 1.29 is 14.5 Å². The number of benzene rings is 1. The second kappa shape index (κ2) is 6.80. The lowest BCUT2D eigenvalue weighted by molar-refractivity contribution is -0.385. The van der Waals surface area contributed by atoms with E-state index in [4.69, 9.17) is 12.2 Å². The number of nitro groups is 1. The van der Waals surface area contributed by atoms with Crippen LogP contribution >= 0.6 is 28.1 Å². The Morgan fingerprint density at radius 3 is 2.74 bits per heavy atom. The lowest BCUT2D eigenvalue weighted by atomic mass is 10.1. The Hall–Kier alpha value is -2.39. The average Bonchev–Trinajstić information content (AvgIpc) is 2.49. The molecule has 0 atom stereocenters. The van der Waals surface area contributed by atoms with Crippen LogP contribution in [0.2, 0.25) is 0 Å². The summed E-state index contributed by atoms with van der Waals surface area (Å²) < 4.78 is 0.304. The molecule has 0 unspecified atom stereocenters. The fraction of sp³-hybridized carbons (Fsp3) is 0.0714. The minimum atomic E-state index is -0.647. The Morgan fingerprint density at radius 1 is 1.43 bits per heavy atom. The molecule has 0 spiro atoms. The molecule has 1 fully saturated rings. The topological polar surface area (TPSA) is 92.6 Å². The van der Waals surface area contributed by atoms with Crippen LogP contribution < -0.4 is 5.32 Å². The van der Waals surface area contributed by atoms with Gasteiger partial charge in [-0.25, -0.2) is 0 Å². The van der Waals surface area contributed by atoms with Crippen molar-refractivity contribution >= 4 is 56.8 Å². The Labute approximate surface area is 144 Å². The molecule has 0 aliphatic carbocycles. The number of thiocarbonyl (C=S) groups is 1. The van der Waals surface area contributed by atoms with Gasteiger partial charge in [0.2, 0.25) is 0 Å². The highest BCUT2D eigenvalue weighted by Crippen LogP contribution is 2.27. The fourth-order valence-electron chi connectivity index (χ4n) is 1.91. The smallest absolute Gasteiger partial charge is 0.284 e. The maximum Gasteiger partial charge on any atom is 0.284 e. The minimum Gasteiger partial charge on any atom is -0.298 e. The van der Waals surface area contributed by atoms with Crippen molar-refractivity contribution in [2.75, 3.05) is 6.54 Å². The van der Waals surface area contributed by atoms with Crippen LogP contribution in [0.15, 0.2) is 40.9 Å². The van der Waals surface area contributed by atoms with Crippen molar-refractivity contribution in [2.24, 2.45) is 0 Å². The number of halogens is 1. The van der Waals surface area contributed by atoms with Crippen molar-refractivity contribution in [3.63, 3.8) is 0 Å². The zero-order valence-electron chi connectivity index (χ0n) is 11.6. The summed E-state index contributed by atoms with van der Waals surface area (Å²) in [5, 5.41) is 13.3.